The molecule has 7 atom stereocenters. The second-order valence-electron chi connectivity index (χ2n) is 6.66. The van der Waals surface area contributed by atoms with Crippen LogP contribution in [0.4, 0.5) is 5.82 Å². The molecule has 1 saturated heterocycles. The Kier molecular flexibility index (Phi) is 6.24. The van der Waals surface area contributed by atoms with E-state index in [0.29, 0.717) is 0 Å². The summed E-state index contributed by atoms with van der Waals surface area (Å²) in [6.07, 6.45) is -1.79. The molecule has 0 aromatic carbocycles. The van der Waals surface area contributed by atoms with Crippen LogP contribution in [0.2, 0.25) is 0 Å². The number of aliphatic hydroxyl groups is 1. The van der Waals surface area contributed by atoms with Crippen LogP contribution in [0.25, 0.3) is 11.2 Å². The maximum Gasteiger partial charge on any atom is 0.490 e. The van der Waals surface area contributed by atoms with Crippen molar-refractivity contribution in [3.63, 3.8) is 0 Å². The van der Waals surface area contributed by atoms with Crippen molar-refractivity contribution >= 4 is 40.4 Å². The Labute approximate surface area is 183 Å². The molecule has 33 heavy (non-hydrogen) atoms. The number of phosphoric ester groups is 1. The predicted octanol–water partition coefficient (Wildman–Crippen LogP) is -0.709. The molecule has 2 aliphatic rings. The van der Waals surface area contributed by atoms with Crippen LogP contribution >= 0.6 is 23.5 Å². The van der Waals surface area contributed by atoms with E-state index < -0.39 is 54.1 Å². The highest BCUT2D eigenvalue weighted by atomic mass is 31.3. The van der Waals surface area contributed by atoms with Gasteiger partial charge in [0.25, 0.3) is 0 Å². The van der Waals surface area contributed by atoms with Gasteiger partial charge in [0.1, 0.15) is 36.3 Å². The number of aromatic nitrogens is 4. The van der Waals surface area contributed by atoms with Gasteiger partial charge in [0, 0.05) is 0 Å². The molecule has 0 aliphatic carbocycles. The van der Waals surface area contributed by atoms with Crippen LogP contribution in [-0.2, 0) is 36.3 Å². The molecule has 0 radical (unpaired) electrons. The average molecular weight is 531 g/mol. The van der Waals surface area contributed by atoms with Crippen molar-refractivity contribution in [3.8, 4) is 0 Å². The topological polar surface area (TPSA) is 268 Å². The molecule has 1 fully saturated rings. The Morgan fingerprint density at radius 1 is 1.06 bits per heavy atom. The van der Waals surface area contributed by atoms with Crippen LogP contribution in [0, 0.1) is 0 Å². The smallest absolute Gasteiger partial charge is 0.490 e. The molecule has 182 valence electrons. The first kappa shape index (κ1) is 24.3. The van der Waals surface area contributed by atoms with E-state index in [2.05, 4.69) is 23.6 Å². The van der Waals surface area contributed by atoms with Crippen molar-refractivity contribution in [3.05, 3.63) is 25.0 Å². The summed E-state index contributed by atoms with van der Waals surface area (Å²) in [5, 5.41) is 10.8. The van der Waals surface area contributed by atoms with E-state index >= 15 is 0 Å². The molecule has 3 unspecified atom stereocenters. The number of nitrogens with zero attached hydrogens (tertiary/aromatic N) is 4. The van der Waals surface area contributed by atoms with E-state index in [1.165, 1.54) is 23.2 Å². The molecular weight excluding hydrogens is 515 g/mol. The van der Waals surface area contributed by atoms with E-state index in [9.17, 15) is 28.6 Å². The zero-order valence-electron chi connectivity index (χ0n) is 15.9. The monoisotopic (exact) mass is 531 g/mol. The lowest BCUT2D eigenvalue weighted by atomic mass is 10.0. The largest absolute Gasteiger partial charge is 0.491 e. The Morgan fingerprint density at radius 2 is 1.76 bits per heavy atom. The number of nitrogens with two attached hydrogens (primary N) is 1. The number of hydrogen-bond donors (Lipinski definition) is 6. The minimum absolute atomic E-state index is 0.0397. The van der Waals surface area contributed by atoms with Gasteiger partial charge in [-0.1, -0.05) is 0 Å². The number of nitrogen functional groups attached to an aromatic ring is 1. The summed E-state index contributed by atoms with van der Waals surface area (Å²) in [7, 11) is -16.9. The van der Waals surface area contributed by atoms with E-state index in [0.717, 1.165) is 6.33 Å². The highest BCUT2D eigenvalue weighted by molar-refractivity contribution is 7.66. The van der Waals surface area contributed by atoms with Crippen LogP contribution in [0.1, 0.15) is 6.23 Å². The third-order valence-corrected chi connectivity index (χ3v) is 8.25. The van der Waals surface area contributed by atoms with Crippen LogP contribution in [0.15, 0.2) is 25.0 Å². The lowest BCUT2D eigenvalue weighted by Gasteiger charge is -2.30. The summed E-state index contributed by atoms with van der Waals surface area (Å²) in [4.78, 5) is 48.3. The van der Waals surface area contributed by atoms with Gasteiger partial charge in [-0.2, -0.15) is 8.62 Å². The molecular formula is C12H16N5O13P3. The number of rotatable bonds is 8. The Bertz CT molecular complexity index is 1230. The van der Waals surface area contributed by atoms with Crippen molar-refractivity contribution in [2.24, 2.45) is 0 Å². The molecule has 0 bridgehead atoms. The molecule has 7 N–H and O–H groups in total. The molecule has 0 saturated carbocycles. The number of anilines is 1. The number of ether oxygens (including phenoxy) is 2. The summed E-state index contributed by atoms with van der Waals surface area (Å²) in [6, 6.07) is 0. The quantitative estimate of drug-likeness (QED) is 0.230. The fraction of sp³-hybridized carbons (Fsp3) is 0.417. The van der Waals surface area contributed by atoms with Crippen molar-refractivity contribution in [1.82, 2.24) is 19.5 Å². The fourth-order valence-electron chi connectivity index (χ4n) is 3.16. The molecule has 21 heteroatoms. The minimum Gasteiger partial charge on any atom is -0.491 e. The molecule has 2 aliphatic heterocycles. The van der Waals surface area contributed by atoms with Gasteiger partial charge in [-0.25, -0.2) is 28.6 Å². The Morgan fingerprint density at radius 3 is 2.36 bits per heavy atom. The molecule has 18 nitrogen and oxygen atoms in total. The maximum absolute atomic E-state index is 12.3. The number of fused-ring (bicyclic) bond motifs is 1. The highest BCUT2D eigenvalue weighted by Gasteiger charge is 2.54. The summed E-state index contributed by atoms with van der Waals surface area (Å²) in [5.41, 5.74) is 6.06. The third kappa shape index (κ3) is 5.17. The van der Waals surface area contributed by atoms with Crippen molar-refractivity contribution in [1.29, 1.82) is 0 Å². The van der Waals surface area contributed by atoms with Gasteiger partial charge >= 0.3 is 23.5 Å². The molecule has 4 heterocycles. The lowest BCUT2D eigenvalue weighted by Crippen LogP contribution is -2.42. The number of hydrogen-bond acceptors (Lipinski definition) is 13. The second-order valence-corrected chi connectivity index (χ2v) is 11.0. The van der Waals surface area contributed by atoms with E-state index in [4.69, 9.17) is 29.5 Å². The lowest BCUT2D eigenvalue weighted by molar-refractivity contribution is -0.0834. The van der Waals surface area contributed by atoms with Crippen molar-refractivity contribution in [2.75, 3.05) is 5.73 Å². The molecule has 0 amide bonds. The van der Waals surface area contributed by atoms with E-state index in [1.807, 2.05) is 0 Å². The number of phosphoric acid groups is 3. The Hall–Kier alpha value is -1.78. The molecule has 4 rings (SSSR count). The van der Waals surface area contributed by atoms with Crippen LogP contribution in [0.5, 0.6) is 0 Å². The second kappa shape index (κ2) is 8.46. The predicted molar refractivity (Wildman–Crippen MR) is 102 cm³/mol. The number of aliphatic hydroxyl groups excluding tert-OH is 1. The SMILES string of the molecule is Nc1ncnc2c1ncn2[C@@H]1O[C@H](C2C=CO2)[C@@H](OP(=O)(O)OP(=O)(O)OP(=O)(O)O)[C@H]1O. The molecule has 2 aromatic heterocycles. The molecule has 2 aromatic rings. The van der Waals surface area contributed by atoms with Gasteiger partial charge in [0.2, 0.25) is 0 Å². The first-order valence-electron chi connectivity index (χ1n) is 8.67. The zero-order valence-corrected chi connectivity index (χ0v) is 18.6. The first-order valence-corrected chi connectivity index (χ1v) is 13.2. The summed E-state index contributed by atoms with van der Waals surface area (Å²) in [6.45, 7) is 0. The standard InChI is InChI=1S/C12H16N5O13P3/c13-10-6-11(15-3-14-10)17(4-16-6)12-7(18)9(8(27-12)5-1-2-26-5)28-32(22,23)30-33(24,25)29-31(19,20)21/h1-5,7-9,12,18H,(H,22,23)(H,24,25)(H2,13,14,15)(H2,19,20,21)/t5?,7-,8-,9+,12-/m1/s1. The Balaban J connectivity index is 1.60. The fourth-order valence-corrected chi connectivity index (χ4v) is 6.37. The highest BCUT2D eigenvalue weighted by Crippen LogP contribution is 2.67. The van der Waals surface area contributed by atoms with E-state index in [1.54, 1.807) is 0 Å². The molecule has 0 spiro atoms. The van der Waals surface area contributed by atoms with Crippen LogP contribution < -0.4 is 5.73 Å². The normalized spacial score (nSPS) is 31.0. The zero-order chi connectivity index (χ0) is 24.2. The third-order valence-electron chi connectivity index (χ3n) is 4.41. The van der Waals surface area contributed by atoms with Crippen LogP contribution in [0.3, 0.4) is 0 Å². The van der Waals surface area contributed by atoms with Crippen molar-refractivity contribution < 1.29 is 61.0 Å². The van der Waals surface area contributed by atoms with Gasteiger partial charge < -0.3 is 39.9 Å². The van der Waals surface area contributed by atoms with Gasteiger partial charge in [-0.05, 0) is 6.08 Å². The number of imidazole rings is 1. The van der Waals surface area contributed by atoms with E-state index in [-0.39, 0.29) is 17.0 Å². The minimum atomic E-state index is -5.76. The van der Waals surface area contributed by atoms with Gasteiger partial charge in [0.05, 0.1) is 12.6 Å². The van der Waals surface area contributed by atoms with Gasteiger partial charge in [-0.3, -0.25) is 9.09 Å². The van der Waals surface area contributed by atoms with Gasteiger partial charge in [-0.15, -0.1) is 0 Å². The summed E-state index contributed by atoms with van der Waals surface area (Å²) in [5.74, 6) is 0.0397. The van der Waals surface area contributed by atoms with Gasteiger partial charge in [0.15, 0.2) is 17.7 Å². The average Bonchev–Trinajstić information content (AvgIpc) is 3.14. The first-order chi connectivity index (χ1) is 15.3. The van der Waals surface area contributed by atoms with Crippen molar-refractivity contribution in [2.45, 2.75) is 30.6 Å². The van der Waals surface area contributed by atoms with Crippen LogP contribution in [-0.4, -0.2) is 68.6 Å². The summed E-state index contributed by atoms with van der Waals surface area (Å²) >= 11 is 0. The summed E-state index contributed by atoms with van der Waals surface area (Å²) < 4.78 is 59.0. The maximum atomic E-state index is 12.3.